The lowest BCUT2D eigenvalue weighted by molar-refractivity contribution is 0.102. The van der Waals surface area contributed by atoms with Gasteiger partial charge in [0.1, 0.15) is 4.60 Å². The van der Waals surface area contributed by atoms with Crippen LogP contribution in [-0.4, -0.2) is 15.9 Å². The SMILES string of the molecule is Cc1cnccc1NC(=O)c1ccnc(Br)c1. The molecule has 0 fully saturated rings. The number of nitrogens with zero attached hydrogens (tertiary/aromatic N) is 2. The highest BCUT2D eigenvalue weighted by molar-refractivity contribution is 9.10. The molecule has 5 heteroatoms. The molecule has 0 aliphatic rings. The van der Waals surface area contributed by atoms with Gasteiger partial charge in [0, 0.05) is 29.8 Å². The van der Waals surface area contributed by atoms with Crippen LogP contribution in [0.15, 0.2) is 41.4 Å². The van der Waals surface area contributed by atoms with Crippen LogP contribution in [0.3, 0.4) is 0 Å². The highest BCUT2D eigenvalue weighted by atomic mass is 79.9. The fraction of sp³-hybridized carbons (Fsp3) is 0.0833. The maximum atomic E-state index is 11.9. The van der Waals surface area contributed by atoms with Gasteiger partial charge in [0.25, 0.3) is 5.91 Å². The van der Waals surface area contributed by atoms with Gasteiger partial charge in [-0.3, -0.25) is 9.78 Å². The molecule has 1 amide bonds. The number of aromatic nitrogens is 2. The Kier molecular flexibility index (Phi) is 3.49. The summed E-state index contributed by atoms with van der Waals surface area (Å²) in [6.07, 6.45) is 4.93. The normalized spacial score (nSPS) is 10.0. The zero-order valence-corrected chi connectivity index (χ0v) is 10.7. The Hall–Kier alpha value is -1.75. The number of hydrogen-bond acceptors (Lipinski definition) is 3. The van der Waals surface area contributed by atoms with Crippen molar-refractivity contribution < 1.29 is 4.79 Å². The predicted octanol–water partition coefficient (Wildman–Crippen LogP) is 2.80. The number of anilines is 1. The van der Waals surface area contributed by atoms with Crippen LogP contribution in [-0.2, 0) is 0 Å². The van der Waals surface area contributed by atoms with E-state index >= 15 is 0 Å². The van der Waals surface area contributed by atoms with Gasteiger partial charge in [-0.15, -0.1) is 0 Å². The van der Waals surface area contributed by atoms with Crippen molar-refractivity contribution in [3.63, 3.8) is 0 Å². The molecular formula is C12H10BrN3O. The second-order valence-electron chi connectivity index (χ2n) is 3.51. The highest BCUT2D eigenvalue weighted by Crippen LogP contribution is 2.14. The molecule has 0 saturated heterocycles. The molecule has 17 heavy (non-hydrogen) atoms. The van der Waals surface area contributed by atoms with Crippen molar-refractivity contribution >= 4 is 27.5 Å². The molecule has 0 saturated carbocycles. The van der Waals surface area contributed by atoms with Crippen LogP contribution in [0.4, 0.5) is 5.69 Å². The van der Waals surface area contributed by atoms with E-state index in [4.69, 9.17) is 0 Å². The van der Waals surface area contributed by atoms with Gasteiger partial charge in [0.15, 0.2) is 0 Å². The quantitative estimate of drug-likeness (QED) is 0.866. The van der Waals surface area contributed by atoms with Crippen molar-refractivity contribution in [3.05, 3.63) is 52.5 Å². The van der Waals surface area contributed by atoms with E-state index in [0.717, 1.165) is 11.3 Å². The number of carbonyl (C=O) groups excluding carboxylic acids is 1. The first-order valence-electron chi connectivity index (χ1n) is 5.00. The van der Waals surface area contributed by atoms with E-state index in [-0.39, 0.29) is 5.91 Å². The number of aryl methyl sites for hydroxylation is 1. The molecule has 4 nitrogen and oxygen atoms in total. The topological polar surface area (TPSA) is 54.9 Å². The predicted molar refractivity (Wildman–Crippen MR) is 68.9 cm³/mol. The van der Waals surface area contributed by atoms with Crippen molar-refractivity contribution in [3.8, 4) is 0 Å². The van der Waals surface area contributed by atoms with Gasteiger partial charge in [-0.2, -0.15) is 0 Å². The van der Waals surface area contributed by atoms with Crippen LogP contribution < -0.4 is 5.32 Å². The van der Waals surface area contributed by atoms with Crippen LogP contribution in [0.2, 0.25) is 0 Å². The minimum absolute atomic E-state index is 0.164. The Morgan fingerprint density at radius 2 is 2.18 bits per heavy atom. The van der Waals surface area contributed by atoms with Crippen molar-refractivity contribution in [1.82, 2.24) is 9.97 Å². The molecular weight excluding hydrogens is 282 g/mol. The maximum Gasteiger partial charge on any atom is 0.255 e. The summed E-state index contributed by atoms with van der Waals surface area (Å²) >= 11 is 3.23. The Morgan fingerprint density at radius 3 is 2.88 bits per heavy atom. The number of nitrogens with one attached hydrogen (secondary N) is 1. The summed E-state index contributed by atoms with van der Waals surface area (Å²) in [5.74, 6) is -0.164. The minimum atomic E-state index is -0.164. The van der Waals surface area contributed by atoms with Crippen molar-refractivity contribution in [2.45, 2.75) is 6.92 Å². The summed E-state index contributed by atoms with van der Waals surface area (Å²) in [7, 11) is 0. The van der Waals surface area contributed by atoms with Crippen LogP contribution in [0, 0.1) is 6.92 Å². The standard InChI is InChI=1S/C12H10BrN3O/c1-8-7-14-4-3-10(8)16-12(17)9-2-5-15-11(13)6-9/h2-7H,1H3,(H,14,16,17). The maximum absolute atomic E-state index is 11.9. The Balaban J connectivity index is 2.20. The lowest BCUT2D eigenvalue weighted by Gasteiger charge is -2.07. The van der Waals surface area contributed by atoms with E-state index in [0.29, 0.717) is 10.2 Å². The molecule has 2 aromatic heterocycles. The molecule has 0 radical (unpaired) electrons. The van der Waals surface area contributed by atoms with Crippen LogP contribution in [0.1, 0.15) is 15.9 Å². The minimum Gasteiger partial charge on any atom is -0.322 e. The fourth-order valence-electron chi connectivity index (χ4n) is 1.35. The molecule has 86 valence electrons. The third kappa shape index (κ3) is 2.88. The molecule has 0 aliphatic heterocycles. The second-order valence-corrected chi connectivity index (χ2v) is 4.32. The summed E-state index contributed by atoms with van der Waals surface area (Å²) in [6, 6.07) is 5.10. The van der Waals surface area contributed by atoms with Gasteiger partial charge < -0.3 is 5.32 Å². The number of pyridine rings is 2. The smallest absolute Gasteiger partial charge is 0.255 e. The van der Waals surface area contributed by atoms with Gasteiger partial charge in [0.2, 0.25) is 0 Å². The molecule has 1 N–H and O–H groups in total. The van der Waals surface area contributed by atoms with Gasteiger partial charge >= 0.3 is 0 Å². The molecule has 0 unspecified atom stereocenters. The summed E-state index contributed by atoms with van der Waals surface area (Å²) in [4.78, 5) is 19.9. The molecule has 2 heterocycles. The van der Waals surface area contributed by atoms with Gasteiger partial charge in [-0.1, -0.05) is 0 Å². The van der Waals surface area contributed by atoms with Crippen molar-refractivity contribution in [2.24, 2.45) is 0 Å². The van der Waals surface area contributed by atoms with E-state index in [2.05, 4.69) is 31.2 Å². The second kappa shape index (κ2) is 5.05. The van der Waals surface area contributed by atoms with Crippen molar-refractivity contribution in [1.29, 1.82) is 0 Å². The first-order chi connectivity index (χ1) is 8.16. The first kappa shape index (κ1) is 11.7. The zero-order chi connectivity index (χ0) is 12.3. The summed E-state index contributed by atoms with van der Waals surface area (Å²) in [5, 5.41) is 2.83. The van der Waals surface area contributed by atoms with Crippen molar-refractivity contribution in [2.75, 3.05) is 5.32 Å². The Labute approximate surface area is 107 Å². The molecule has 0 atom stereocenters. The summed E-state index contributed by atoms with van der Waals surface area (Å²) in [5.41, 5.74) is 2.25. The lowest BCUT2D eigenvalue weighted by atomic mass is 10.2. The molecule has 2 rings (SSSR count). The summed E-state index contributed by atoms with van der Waals surface area (Å²) in [6.45, 7) is 1.89. The summed E-state index contributed by atoms with van der Waals surface area (Å²) < 4.78 is 0.636. The molecule has 0 aromatic carbocycles. The first-order valence-corrected chi connectivity index (χ1v) is 5.79. The molecule has 0 aliphatic carbocycles. The number of rotatable bonds is 2. The number of carbonyl (C=O) groups is 1. The average Bonchev–Trinajstić information content (AvgIpc) is 2.32. The van der Waals surface area contributed by atoms with Gasteiger partial charge in [0.05, 0.1) is 0 Å². The average molecular weight is 292 g/mol. The third-order valence-electron chi connectivity index (χ3n) is 2.26. The number of amides is 1. The largest absolute Gasteiger partial charge is 0.322 e. The molecule has 0 spiro atoms. The van der Waals surface area contributed by atoms with E-state index in [1.54, 1.807) is 36.8 Å². The van der Waals surface area contributed by atoms with E-state index in [1.807, 2.05) is 6.92 Å². The van der Waals surface area contributed by atoms with Crippen LogP contribution >= 0.6 is 15.9 Å². The van der Waals surface area contributed by atoms with Crippen LogP contribution in [0.5, 0.6) is 0 Å². The highest BCUT2D eigenvalue weighted by Gasteiger charge is 2.07. The molecule has 0 bridgehead atoms. The fourth-order valence-corrected chi connectivity index (χ4v) is 1.72. The monoisotopic (exact) mass is 291 g/mol. The van der Waals surface area contributed by atoms with Gasteiger partial charge in [-0.25, -0.2) is 4.98 Å². The van der Waals surface area contributed by atoms with Gasteiger partial charge in [-0.05, 0) is 46.6 Å². The number of halogens is 1. The van der Waals surface area contributed by atoms with Crippen LogP contribution in [0.25, 0.3) is 0 Å². The third-order valence-corrected chi connectivity index (χ3v) is 2.69. The Bertz CT molecular complexity index is 557. The zero-order valence-electron chi connectivity index (χ0n) is 9.14. The molecule has 2 aromatic rings. The van der Waals surface area contributed by atoms with E-state index in [9.17, 15) is 4.79 Å². The van der Waals surface area contributed by atoms with E-state index in [1.165, 1.54) is 0 Å². The number of hydrogen-bond donors (Lipinski definition) is 1. The lowest BCUT2D eigenvalue weighted by Crippen LogP contribution is -2.12. The Morgan fingerprint density at radius 1 is 1.35 bits per heavy atom. The van der Waals surface area contributed by atoms with E-state index < -0.39 is 0 Å².